The van der Waals surface area contributed by atoms with E-state index < -0.39 is 23.1 Å². The van der Waals surface area contributed by atoms with Crippen LogP contribution in [0.4, 0.5) is 0 Å². The predicted octanol–water partition coefficient (Wildman–Crippen LogP) is 2.33. The van der Waals surface area contributed by atoms with Crippen LogP contribution in [0.25, 0.3) is 0 Å². The van der Waals surface area contributed by atoms with Crippen LogP contribution in [-0.4, -0.2) is 37.4 Å². The lowest BCUT2D eigenvalue weighted by atomic mass is 9.91. The SMILES string of the molecule is COC(=O)C1(OC)C=CC(C=CC(=O)OC(C)(C)C)=CC1. The summed E-state index contributed by atoms with van der Waals surface area (Å²) in [7, 11) is 2.77. The van der Waals surface area contributed by atoms with Gasteiger partial charge in [0, 0.05) is 19.6 Å². The zero-order valence-electron chi connectivity index (χ0n) is 13.1. The average Bonchev–Trinajstić information content (AvgIpc) is 2.43. The standard InChI is InChI=1S/C16H22O5/c1-15(2,3)21-13(17)7-6-12-8-10-16(20-5,11-9-12)14(18)19-4/h6-10H,11H2,1-5H3. The number of hydrogen-bond acceptors (Lipinski definition) is 5. The molecule has 0 radical (unpaired) electrons. The molecule has 116 valence electrons. The highest BCUT2D eigenvalue weighted by molar-refractivity contribution is 5.84. The van der Waals surface area contributed by atoms with Gasteiger partial charge in [0.05, 0.1) is 7.11 Å². The number of esters is 2. The van der Waals surface area contributed by atoms with Crippen molar-refractivity contribution < 1.29 is 23.8 Å². The third-order valence-electron chi connectivity index (χ3n) is 2.90. The second kappa shape index (κ2) is 6.72. The predicted molar refractivity (Wildman–Crippen MR) is 78.6 cm³/mol. The Morgan fingerprint density at radius 3 is 2.38 bits per heavy atom. The smallest absolute Gasteiger partial charge is 0.342 e. The molecule has 1 aliphatic rings. The molecule has 0 heterocycles. The Bertz CT molecular complexity index is 493. The molecule has 1 aliphatic carbocycles. The molecule has 0 N–H and O–H groups in total. The molecule has 5 heteroatoms. The van der Waals surface area contributed by atoms with Crippen LogP contribution in [0.1, 0.15) is 27.2 Å². The number of carbonyl (C=O) groups is 2. The molecular weight excluding hydrogens is 272 g/mol. The second-order valence-corrected chi connectivity index (χ2v) is 5.69. The molecule has 0 amide bonds. The van der Waals surface area contributed by atoms with Gasteiger partial charge in [-0.15, -0.1) is 0 Å². The normalized spacial score (nSPS) is 22.0. The first kappa shape index (κ1) is 17.2. The first-order valence-corrected chi connectivity index (χ1v) is 6.66. The fourth-order valence-corrected chi connectivity index (χ4v) is 1.82. The lowest BCUT2D eigenvalue weighted by molar-refractivity contribution is -0.160. The van der Waals surface area contributed by atoms with Crippen LogP contribution in [0, 0.1) is 0 Å². The summed E-state index contributed by atoms with van der Waals surface area (Å²) in [5.74, 6) is -0.860. The van der Waals surface area contributed by atoms with Gasteiger partial charge in [-0.2, -0.15) is 0 Å². The van der Waals surface area contributed by atoms with Crippen molar-refractivity contribution in [3.8, 4) is 0 Å². The minimum absolute atomic E-state index is 0.348. The van der Waals surface area contributed by atoms with Crippen molar-refractivity contribution in [3.63, 3.8) is 0 Å². The van der Waals surface area contributed by atoms with Crippen molar-refractivity contribution in [1.29, 1.82) is 0 Å². The number of carbonyl (C=O) groups excluding carboxylic acids is 2. The van der Waals surface area contributed by atoms with Gasteiger partial charge in [-0.25, -0.2) is 9.59 Å². The van der Waals surface area contributed by atoms with E-state index in [0.717, 1.165) is 5.57 Å². The molecule has 0 bridgehead atoms. The summed E-state index contributed by atoms with van der Waals surface area (Å²) in [5, 5.41) is 0. The largest absolute Gasteiger partial charge is 0.467 e. The summed E-state index contributed by atoms with van der Waals surface area (Å²) >= 11 is 0. The van der Waals surface area contributed by atoms with Gasteiger partial charge in [-0.1, -0.05) is 12.2 Å². The third kappa shape index (κ3) is 4.86. The molecule has 1 rings (SSSR count). The third-order valence-corrected chi connectivity index (χ3v) is 2.90. The molecule has 0 fully saturated rings. The van der Waals surface area contributed by atoms with E-state index in [1.54, 1.807) is 24.3 Å². The number of ether oxygens (including phenoxy) is 3. The van der Waals surface area contributed by atoms with E-state index in [2.05, 4.69) is 0 Å². The fourth-order valence-electron chi connectivity index (χ4n) is 1.82. The summed E-state index contributed by atoms with van der Waals surface area (Å²) in [6.07, 6.45) is 8.50. The Hall–Kier alpha value is -1.88. The van der Waals surface area contributed by atoms with E-state index in [0.29, 0.717) is 6.42 Å². The minimum Gasteiger partial charge on any atom is -0.467 e. The first-order chi connectivity index (χ1) is 9.72. The second-order valence-electron chi connectivity index (χ2n) is 5.69. The van der Waals surface area contributed by atoms with Crippen molar-refractivity contribution in [2.24, 2.45) is 0 Å². The van der Waals surface area contributed by atoms with E-state index in [9.17, 15) is 9.59 Å². The molecule has 5 nitrogen and oxygen atoms in total. The average molecular weight is 294 g/mol. The van der Waals surface area contributed by atoms with Gasteiger partial charge in [0.2, 0.25) is 0 Å². The Morgan fingerprint density at radius 1 is 1.29 bits per heavy atom. The Labute approximate surface area is 125 Å². The van der Waals surface area contributed by atoms with E-state index in [1.807, 2.05) is 20.8 Å². The highest BCUT2D eigenvalue weighted by atomic mass is 16.6. The minimum atomic E-state index is -1.09. The number of hydrogen-bond donors (Lipinski definition) is 0. The molecule has 21 heavy (non-hydrogen) atoms. The summed E-state index contributed by atoms with van der Waals surface area (Å²) in [4.78, 5) is 23.3. The maximum Gasteiger partial charge on any atom is 0.342 e. The number of methoxy groups -OCH3 is 2. The molecule has 0 saturated carbocycles. The van der Waals surface area contributed by atoms with Gasteiger partial charge < -0.3 is 14.2 Å². The lowest BCUT2D eigenvalue weighted by Crippen LogP contribution is -2.40. The summed E-state index contributed by atoms with van der Waals surface area (Å²) in [5.41, 5.74) is -0.802. The molecule has 0 aliphatic heterocycles. The molecule has 1 atom stereocenters. The van der Waals surface area contributed by atoms with Crippen LogP contribution >= 0.6 is 0 Å². The molecule has 0 spiro atoms. The number of allylic oxidation sites excluding steroid dienone is 3. The van der Waals surface area contributed by atoms with Crippen LogP contribution in [0.5, 0.6) is 0 Å². The van der Waals surface area contributed by atoms with Gasteiger partial charge in [0.1, 0.15) is 5.60 Å². The fraction of sp³-hybridized carbons (Fsp3) is 0.500. The maximum absolute atomic E-state index is 11.7. The van der Waals surface area contributed by atoms with Gasteiger partial charge in [-0.3, -0.25) is 0 Å². The summed E-state index contributed by atoms with van der Waals surface area (Å²) in [6.45, 7) is 5.42. The van der Waals surface area contributed by atoms with Crippen LogP contribution in [-0.2, 0) is 23.8 Å². The maximum atomic E-state index is 11.7. The highest BCUT2D eigenvalue weighted by Gasteiger charge is 2.37. The van der Waals surface area contributed by atoms with E-state index >= 15 is 0 Å². The van der Waals surface area contributed by atoms with Gasteiger partial charge in [-0.05, 0) is 38.5 Å². The zero-order valence-corrected chi connectivity index (χ0v) is 13.1. The van der Waals surface area contributed by atoms with Crippen LogP contribution < -0.4 is 0 Å². The van der Waals surface area contributed by atoms with Gasteiger partial charge in [0.15, 0.2) is 5.60 Å². The molecule has 0 aromatic heterocycles. The Balaban J connectivity index is 2.70. The van der Waals surface area contributed by atoms with Gasteiger partial charge in [0.25, 0.3) is 0 Å². The summed E-state index contributed by atoms with van der Waals surface area (Å²) in [6, 6.07) is 0. The van der Waals surface area contributed by atoms with Crippen LogP contribution in [0.2, 0.25) is 0 Å². The quantitative estimate of drug-likeness (QED) is 0.588. The summed E-state index contributed by atoms with van der Waals surface area (Å²) < 4.78 is 15.2. The zero-order chi connectivity index (χ0) is 16.1. The first-order valence-electron chi connectivity index (χ1n) is 6.66. The topological polar surface area (TPSA) is 61.8 Å². The van der Waals surface area contributed by atoms with E-state index in [1.165, 1.54) is 20.3 Å². The van der Waals surface area contributed by atoms with Gasteiger partial charge >= 0.3 is 11.9 Å². The van der Waals surface area contributed by atoms with Crippen molar-refractivity contribution in [2.45, 2.75) is 38.4 Å². The lowest BCUT2D eigenvalue weighted by Gasteiger charge is -2.27. The molecule has 0 aromatic rings. The number of rotatable bonds is 4. The molecule has 0 aromatic carbocycles. The molecular formula is C16H22O5. The van der Waals surface area contributed by atoms with Crippen molar-refractivity contribution >= 4 is 11.9 Å². The molecule has 1 unspecified atom stereocenters. The Kier molecular flexibility index (Phi) is 5.49. The van der Waals surface area contributed by atoms with E-state index in [4.69, 9.17) is 14.2 Å². The van der Waals surface area contributed by atoms with Crippen LogP contribution in [0.3, 0.4) is 0 Å². The van der Waals surface area contributed by atoms with Crippen molar-refractivity contribution in [1.82, 2.24) is 0 Å². The van der Waals surface area contributed by atoms with Crippen molar-refractivity contribution in [2.75, 3.05) is 14.2 Å². The van der Waals surface area contributed by atoms with Crippen LogP contribution in [0.15, 0.2) is 36.0 Å². The highest BCUT2D eigenvalue weighted by Crippen LogP contribution is 2.26. The molecule has 0 saturated heterocycles. The Morgan fingerprint density at radius 2 is 1.95 bits per heavy atom. The monoisotopic (exact) mass is 294 g/mol. The van der Waals surface area contributed by atoms with E-state index in [-0.39, 0.29) is 0 Å². The van der Waals surface area contributed by atoms with Crippen molar-refractivity contribution in [3.05, 3.63) is 36.0 Å².